The molecule has 0 spiro atoms. The molecule has 0 aliphatic carbocycles. The third kappa shape index (κ3) is 8.06. The first kappa shape index (κ1) is 38.0. The molecular formula is C52H52N2O2. The molecule has 56 heavy (non-hydrogen) atoms. The Morgan fingerprint density at radius 1 is 0.286 bits per heavy atom. The molecule has 0 aromatic heterocycles. The van der Waals surface area contributed by atoms with Gasteiger partial charge in [0.25, 0.3) is 0 Å². The van der Waals surface area contributed by atoms with E-state index in [4.69, 9.17) is 9.47 Å². The minimum absolute atomic E-state index is 0.808. The zero-order valence-electron chi connectivity index (χ0n) is 34.4. The van der Waals surface area contributed by atoms with E-state index in [0.29, 0.717) is 0 Å². The van der Waals surface area contributed by atoms with E-state index in [-0.39, 0.29) is 0 Å². The molecule has 4 nitrogen and oxygen atoms in total. The molecule has 0 aliphatic rings. The van der Waals surface area contributed by atoms with Crippen molar-refractivity contribution in [1.29, 1.82) is 0 Å². The third-order valence-electron chi connectivity index (χ3n) is 10.3. The van der Waals surface area contributed by atoms with Gasteiger partial charge in [-0.2, -0.15) is 0 Å². The number of anilines is 6. The number of benzene rings is 7. The lowest BCUT2D eigenvalue weighted by atomic mass is 9.98. The quantitative estimate of drug-likeness (QED) is 0.140. The van der Waals surface area contributed by atoms with Crippen LogP contribution >= 0.6 is 0 Å². The number of rotatable bonds is 10. The van der Waals surface area contributed by atoms with Crippen LogP contribution in [0, 0.1) is 55.4 Å². The molecule has 0 bridgehead atoms. The summed E-state index contributed by atoms with van der Waals surface area (Å²) in [6.07, 6.45) is 0. The van der Waals surface area contributed by atoms with E-state index in [2.05, 4.69) is 199 Å². The Morgan fingerprint density at radius 2 is 0.518 bits per heavy atom. The maximum absolute atomic E-state index is 6.13. The highest BCUT2D eigenvalue weighted by molar-refractivity contribution is 5.86. The zero-order valence-corrected chi connectivity index (χ0v) is 34.4. The van der Waals surface area contributed by atoms with Crippen molar-refractivity contribution in [3.63, 3.8) is 0 Å². The van der Waals surface area contributed by atoms with Crippen molar-refractivity contribution in [3.8, 4) is 33.8 Å². The molecule has 282 valence electrons. The van der Waals surface area contributed by atoms with Gasteiger partial charge in [0.1, 0.15) is 11.5 Å². The Morgan fingerprint density at radius 3 is 0.750 bits per heavy atom. The van der Waals surface area contributed by atoms with E-state index in [1.54, 1.807) is 14.2 Å². The second kappa shape index (κ2) is 15.8. The van der Waals surface area contributed by atoms with E-state index >= 15 is 0 Å². The molecule has 0 fully saturated rings. The van der Waals surface area contributed by atoms with Crippen molar-refractivity contribution in [3.05, 3.63) is 178 Å². The topological polar surface area (TPSA) is 24.9 Å². The van der Waals surface area contributed by atoms with Gasteiger partial charge in [-0.15, -0.1) is 0 Å². The van der Waals surface area contributed by atoms with E-state index in [1.807, 2.05) is 0 Å². The minimum Gasteiger partial charge on any atom is -0.495 e. The maximum atomic E-state index is 6.13. The van der Waals surface area contributed by atoms with Crippen molar-refractivity contribution >= 4 is 34.1 Å². The van der Waals surface area contributed by atoms with Crippen molar-refractivity contribution in [2.45, 2.75) is 55.4 Å². The lowest BCUT2D eigenvalue weighted by Crippen LogP contribution is -2.12. The molecule has 0 N–H and O–H groups in total. The van der Waals surface area contributed by atoms with Gasteiger partial charge in [0.05, 0.1) is 25.6 Å². The Labute approximate surface area is 333 Å². The van der Waals surface area contributed by atoms with Crippen LogP contribution in [0.4, 0.5) is 34.1 Å². The average molecular weight is 737 g/mol. The van der Waals surface area contributed by atoms with Crippen LogP contribution in [0.1, 0.15) is 44.5 Å². The number of hydrogen-bond acceptors (Lipinski definition) is 4. The summed E-state index contributed by atoms with van der Waals surface area (Å²) in [5, 5.41) is 0. The summed E-state index contributed by atoms with van der Waals surface area (Å²) in [7, 11) is 3.51. The predicted molar refractivity (Wildman–Crippen MR) is 238 cm³/mol. The summed E-state index contributed by atoms with van der Waals surface area (Å²) in [5.74, 6) is 1.62. The fourth-order valence-electron chi connectivity index (χ4n) is 8.11. The fraction of sp³-hybridized carbons (Fsp3) is 0.192. The molecule has 0 radical (unpaired) electrons. The number of nitrogens with zero attached hydrogens (tertiary/aromatic N) is 2. The smallest absolute Gasteiger partial charge is 0.143 e. The van der Waals surface area contributed by atoms with E-state index in [9.17, 15) is 0 Å². The van der Waals surface area contributed by atoms with Crippen molar-refractivity contribution in [2.75, 3.05) is 24.0 Å². The molecule has 7 aromatic rings. The van der Waals surface area contributed by atoms with Gasteiger partial charge in [0.2, 0.25) is 0 Å². The van der Waals surface area contributed by atoms with Crippen LogP contribution in [0.5, 0.6) is 11.5 Å². The highest BCUT2D eigenvalue weighted by Crippen LogP contribution is 2.45. The highest BCUT2D eigenvalue weighted by Gasteiger charge is 2.21. The summed E-state index contributed by atoms with van der Waals surface area (Å²) < 4.78 is 12.3. The van der Waals surface area contributed by atoms with Gasteiger partial charge in [0.15, 0.2) is 0 Å². The molecule has 0 amide bonds. The Bertz CT molecular complexity index is 2190. The first-order chi connectivity index (χ1) is 26.9. The van der Waals surface area contributed by atoms with Gasteiger partial charge in [0, 0.05) is 22.7 Å². The SMILES string of the molecule is COc1cc(-c2ccc(-c3ccc(N(c4cc(C)cc(C)c4)c4cc(C)cc(C)c4)c(OC)c3)cc2)ccc1N(c1cc(C)cc(C)c1)c1cc(C)cc(C)c1. The summed E-state index contributed by atoms with van der Waals surface area (Å²) in [5.41, 5.74) is 20.6. The molecule has 7 aromatic carbocycles. The van der Waals surface area contributed by atoms with Crippen LogP contribution in [-0.2, 0) is 0 Å². The normalized spacial score (nSPS) is 11.0. The number of aryl methyl sites for hydroxylation is 8. The second-order valence-electron chi connectivity index (χ2n) is 15.4. The fourth-order valence-corrected chi connectivity index (χ4v) is 8.11. The molecular weight excluding hydrogens is 685 g/mol. The van der Waals surface area contributed by atoms with E-state index in [0.717, 1.165) is 67.9 Å². The number of methoxy groups -OCH3 is 2. The van der Waals surface area contributed by atoms with E-state index < -0.39 is 0 Å². The van der Waals surface area contributed by atoms with Crippen LogP contribution in [0.3, 0.4) is 0 Å². The van der Waals surface area contributed by atoms with Gasteiger partial charge in [-0.1, -0.05) is 60.7 Å². The summed E-state index contributed by atoms with van der Waals surface area (Å²) in [6, 6.07) is 48.6. The van der Waals surface area contributed by atoms with Crippen molar-refractivity contribution < 1.29 is 9.47 Å². The molecule has 0 saturated carbocycles. The highest BCUT2D eigenvalue weighted by atomic mass is 16.5. The van der Waals surface area contributed by atoms with Gasteiger partial charge in [-0.25, -0.2) is 0 Å². The first-order valence-corrected chi connectivity index (χ1v) is 19.3. The Hall–Kier alpha value is -6.26. The van der Waals surface area contributed by atoms with Crippen LogP contribution < -0.4 is 19.3 Å². The predicted octanol–water partition coefficient (Wildman–Crippen LogP) is 14.4. The lowest BCUT2D eigenvalue weighted by molar-refractivity contribution is 0.416. The summed E-state index contributed by atoms with van der Waals surface area (Å²) in [4.78, 5) is 4.62. The molecule has 7 rings (SSSR count). The monoisotopic (exact) mass is 736 g/mol. The average Bonchev–Trinajstić information content (AvgIpc) is 3.14. The van der Waals surface area contributed by atoms with Crippen LogP contribution in [0.15, 0.2) is 133 Å². The van der Waals surface area contributed by atoms with Crippen LogP contribution in [0.25, 0.3) is 22.3 Å². The second-order valence-corrected chi connectivity index (χ2v) is 15.4. The summed E-state index contributed by atoms with van der Waals surface area (Å²) >= 11 is 0. The van der Waals surface area contributed by atoms with Gasteiger partial charge < -0.3 is 19.3 Å². The van der Waals surface area contributed by atoms with Gasteiger partial charge in [-0.05, 0) is 195 Å². The molecule has 0 heterocycles. The molecule has 0 atom stereocenters. The van der Waals surface area contributed by atoms with Crippen molar-refractivity contribution in [1.82, 2.24) is 0 Å². The number of hydrogen-bond donors (Lipinski definition) is 0. The summed E-state index contributed by atoms with van der Waals surface area (Å²) in [6.45, 7) is 17.2. The first-order valence-electron chi connectivity index (χ1n) is 19.3. The maximum Gasteiger partial charge on any atom is 0.143 e. The van der Waals surface area contributed by atoms with Gasteiger partial charge >= 0.3 is 0 Å². The molecule has 4 heteroatoms. The third-order valence-corrected chi connectivity index (χ3v) is 10.3. The molecule has 0 unspecified atom stereocenters. The van der Waals surface area contributed by atoms with Crippen LogP contribution in [-0.4, -0.2) is 14.2 Å². The van der Waals surface area contributed by atoms with Crippen LogP contribution in [0.2, 0.25) is 0 Å². The molecule has 0 saturated heterocycles. The van der Waals surface area contributed by atoms with Gasteiger partial charge in [-0.3, -0.25) is 0 Å². The zero-order chi connectivity index (χ0) is 39.7. The molecule has 0 aliphatic heterocycles. The standard InChI is InChI=1S/C52H52N2O2/c1-33-19-34(2)24-45(23-33)53(46-25-35(3)20-36(4)26-46)49-17-15-43(31-51(49)55-9)41-11-13-42(14-12-41)44-16-18-50(52(32-44)56-10)54(47-27-37(5)21-38(6)28-47)48-29-39(7)22-40(8)30-48/h11-32H,1-10H3. The minimum atomic E-state index is 0.808. The Kier molecular flexibility index (Phi) is 10.8. The lowest BCUT2D eigenvalue weighted by Gasteiger charge is -2.29. The largest absolute Gasteiger partial charge is 0.495 e. The Balaban J connectivity index is 1.24. The number of ether oxygens (including phenoxy) is 2. The van der Waals surface area contributed by atoms with E-state index in [1.165, 1.54) is 44.5 Å². The van der Waals surface area contributed by atoms with Crippen molar-refractivity contribution in [2.24, 2.45) is 0 Å².